The first-order valence-corrected chi connectivity index (χ1v) is 57.3. The number of nitrogens with one attached hydrogen (secondary N) is 3. The molecule has 12 rings (SSSR count). The van der Waals surface area contributed by atoms with Gasteiger partial charge in [-0.25, -0.2) is 0 Å². The standard InChI is InChI=1S/3C28H53NP2.CHO.ClH.Ru.H/c3*1-5-13-25(14-6-1)30(26-15-7-2-8-16-26)23-21-29-22-24-31(27-17-9-3-10-18-27)28-19-11-4-12-20-28;1-2;;;/h3*25-29H,1-24H2;1H;1H;;/q;;;-1;;+3;/p+1. The van der Waals surface area contributed by atoms with E-state index in [1.807, 2.05) is 0 Å². The second-order valence-electron chi connectivity index (χ2n) is 34.5. The van der Waals surface area contributed by atoms with Crippen molar-refractivity contribution in [3.8, 4) is 0 Å². The number of rotatable bonds is 30. The Bertz CT molecular complexity index is 1390. The van der Waals surface area contributed by atoms with Crippen molar-refractivity contribution in [1.82, 2.24) is 16.0 Å². The molecule has 12 saturated carbocycles. The molecular weight excluding hydrogens is 1400 g/mol. The van der Waals surface area contributed by atoms with Crippen molar-refractivity contribution in [3.63, 3.8) is 0 Å². The molecular formula is C85H163ClN3OP6Ru+3. The van der Waals surface area contributed by atoms with Crippen molar-refractivity contribution >= 4 is 64.0 Å². The molecule has 0 atom stereocenters. The van der Waals surface area contributed by atoms with Gasteiger partial charge < -0.3 is 20.7 Å². The third-order valence-corrected chi connectivity index (χ3v) is 51.0. The van der Waals surface area contributed by atoms with Gasteiger partial charge in [-0.3, -0.25) is 6.79 Å². The van der Waals surface area contributed by atoms with E-state index in [9.17, 15) is 0 Å². The van der Waals surface area contributed by atoms with Gasteiger partial charge in [0.15, 0.2) is 0 Å². The van der Waals surface area contributed by atoms with Crippen molar-refractivity contribution in [1.29, 1.82) is 0 Å². The molecule has 0 saturated heterocycles. The van der Waals surface area contributed by atoms with Crippen LogP contribution in [-0.4, -0.2) is 151 Å². The van der Waals surface area contributed by atoms with Crippen LogP contribution in [-0.2, 0) is 22.1 Å². The van der Waals surface area contributed by atoms with E-state index < -0.39 is 0 Å². The molecule has 0 heterocycles. The quantitative estimate of drug-likeness (QED) is 0.0221. The first kappa shape index (κ1) is 85.6. The van der Waals surface area contributed by atoms with Crippen LogP contribution in [0, 0.1) is 0 Å². The zero-order valence-corrected chi connectivity index (χ0v) is 72.1. The molecule has 97 heavy (non-hydrogen) atoms. The minimum atomic E-state index is -0.140. The summed E-state index contributed by atoms with van der Waals surface area (Å²) in [5.74, 6) is 0. The van der Waals surface area contributed by atoms with Crippen molar-refractivity contribution in [2.24, 2.45) is 0 Å². The molecule has 12 heteroatoms. The SMILES string of the molecule is C1CCC(P(CCNCCP(C2CCCCC2)C2CCCCC2)C2CCCCC2)CC1.C1CCC(P(CCNCCP(C2CCCCC2)C2CCCCC2)C2CCCCC2)CC1.C1CCC([PH+](CCNCC[PH+](C2CCCCC2)C2CCCCC2)C2CCCCC2)CC1.[CH-]=O.[Cl][RuH+2]. The van der Waals surface area contributed by atoms with E-state index in [1.54, 1.807) is 260 Å². The summed E-state index contributed by atoms with van der Waals surface area (Å²) in [5, 5.41) is 12.1. The maximum atomic E-state index is 7.75. The predicted octanol–water partition coefficient (Wildman–Crippen LogP) is 26.2. The van der Waals surface area contributed by atoms with Gasteiger partial charge in [-0.15, -0.1) is 0 Å². The van der Waals surface area contributed by atoms with E-state index in [0.717, 1.165) is 45.3 Å². The van der Waals surface area contributed by atoms with Crippen LogP contribution in [0.4, 0.5) is 0 Å². The topological polar surface area (TPSA) is 53.2 Å². The molecule has 12 aliphatic carbocycles. The molecule has 0 aromatic heterocycles. The molecule has 0 aromatic carbocycles. The Balaban J connectivity index is 0.000000181. The van der Waals surface area contributed by atoms with Crippen molar-refractivity contribution in [2.45, 2.75) is 453 Å². The molecule has 0 radical (unpaired) electrons. The minimum absolute atomic E-state index is 0.140. The first-order chi connectivity index (χ1) is 48.2. The Hall–Kier alpha value is 3.04. The van der Waals surface area contributed by atoms with E-state index in [0.29, 0.717) is 0 Å². The average molecular weight is 1570 g/mol. The molecule has 12 fully saturated rings. The van der Waals surface area contributed by atoms with Crippen LogP contribution in [0.2, 0.25) is 0 Å². The van der Waals surface area contributed by atoms with Gasteiger partial charge in [-0.05, 0) is 302 Å². The molecule has 0 unspecified atom stereocenters. The summed E-state index contributed by atoms with van der Waals surface area (Å²) in [7, 11) is 5.49. The number of carbonyl (C=O) groups excluding carboxylic acids is 1. The van der Waals surface area contributed by atoms with Crippen LogP contribution in [0.5, 0.6) is 0 Å². The van der Waals surface area contributed by atoms with Gasteiger partial charge in [-0.1, -0.05) is 211 Å². The first-order valence-electron chi connectivity index (χ1n) is 44.5. The van der Waals surface area contributed by atoms with Gasteiger partial charge in [0.25, 0.3) is 0 Å². The molecule has 0 spiro atoms. The van der Waals surface area contributed by atoms with Gasteiger partial charge in [-0.2, -0.15) is 0 Å². The molecule has 12 aliphatic rings. The van der Waals surface area contributed by atoms with Gasteiger partial charge in [0.2, 0.25) is 0 Å². The van der Waals surface area contributed by atoms with Crippen LogP contribution in [0.1, 0.15) is 385 Å². The van der Waals surface area contributed by atoms with Crippen molar-refractivity contribution in [2.75, 3.05) is 76.2 Å². The van der Waals surface area contributed by atoms with E-state index in [4.69, 9.17) is 4.79 Å². The van der Waals surface area contributed by atoms with Crippen LogP contribution >= 0.6 is 57.2 Å². The summed E-state index contributed by atoms with van der Waals surface area (Å²) in [6.07, 6.45) is 103. The summed E-state index contributed by atoms with van der Waals surface area (Å²) in [5.41, 5.74) is 13.8. The monoisotopic (exact) mass is 1560 g/mol. The van der Waals surface area contributed by atoms with Gasteiger partial charge in [0.05, 0.1) is 35.0 Å². The maximum absolute atomic E-state index is 7.75. The Morgan fingerprint density at radius 3 is 0.515 bits per heavy atom. The summed E-state index contributed by atoms with van der Waals surface area (Å²) < 4.78 is 0. The van der Waals surface area contributed by atoms with E-state index in [2.05, 4.69) is 32.4 Å². The fourth-order valence-electron chi connectivity index (χ4n) is 23.0. The van der Waals surface area contributed by atoms with Crippen LogP contribution in [0.3, 0.4) is 0 Å². The fraction of sp³-hybridized carbons (Fsp3) is 0.988. The number of halogens is 1. The Labute approximate surface area is 626 Å². The van der Waals surface area contributed by atoms with E-state index in [-0.39, 0.29) is 47.5 Å². The van der Waals surface area contributed by atoms with Gasteiger partial charge in [0.1, 0.15) is 0 Å². The summed E-state index contributed by atoms with van der Waals surface area (Å²) >= 11 is 1.62. The van der Waals surface area contributed by atoms with Crippen LogP contribution < -0.4 is 16.0 Å². The summed E-state index contributed by atoms with van der Waals surface area (Å²) in [6.45, 7) is 11.4. The van der Waals surface area contributed by atoms with E-state index in [1.165, 1.54) is 242 Å². The molecule has 3 N–H and O–H groups in total. The van der Waals surface area contributed by atoms with Gasteiger partial charge in [0, 0.05) is 28.9 Å². The van der Waals surface area contributed by atoms with E-state index >= 15 is 0 Å². The molecule has 0 aliphatic heterocycles. The molecule has 4 nitrogen and oxygen atoms in total. The average Bonchev–Trinajstić information content (AvgIpc) is 2.86. The Morgan fingerprint density at radius 1 is 0.227 bits per heavy atom. The Kier molecular flexibility index (Phi) is 48.2. The predicted molar refractivity (Wildman–Crippen MR) is 449 cm³/mol. The van der Waals surface area contributed by atoms with Gasteiger partial charge >= 0.3 is 27.0 Å². The van der Waals surface area contributed by atoms with Crippen LogP contribution in [0.25, 0.3) is 0 Å². The van der Waals surface area contributed by atoms with Crippen molar-refractivity contribution in [3.05, 3.63) is 0 Å². The molecule has 0 aromatic rings. The zero-order chi connectivity index (χ0) is 67.4. The second kappa shape index (κ2) is 54.6. The summed E-state index contributed by atoms with van der Waals surface area (Å²) in [6, 6.07) is 0. The third-order valence-electron chi connectivity index (χ3n) is 28.2. The fourth-order valence-corrected chi connectivity index (χ4v) is 46.7. The van der Waals surface area contributed by atoms with Crippen molar-refractivity contribution < 1.29 is 22.1 Å². The molecule has 0 bridgehead atoms. The number of hydrogen-bond acceptors (Lipinski definition) is 4. The summed E-state index contributed by atoms with van der Waals surface area (Å²) in [4.78, 5) is 7.75. The normalized spacial score (nSPS) is 25.2. The molecule has 0 amide bonds. The number of hydrogen-bond donors (Lipinski definition) is 3. The molecule has 566 valence electrons. The second-order valence-corrected chi connectivity index (χ2v) is 52.8. The zero-order valence-electron chi connectivity index (χ0n) is 63.9. The van der Waals surface area contributed by atoms with Crippen LogP contribution in [0.15, 0.2) is 0 Å². The Morgan fingerprint density at radius 2 is 0.361 bits per heavy atom. The third kappa shape index (κ3) is 31.9.